The number of fused-ring (bicyclic) bond motifs is 1. The van der Waals surface area contributed by atoms with E-state index in [-0.39, 0.29) is 29.0 Å². The Morgan fingerprint density at radius 1 is 1.26 bits per heavy atom. The van der Waals surface area contributed by atoms with E-state index in [1.54, 1.807) is 35.0 Å². The van der Waals surface area contributed by atoms with Crippen LogP contribution in [0, 0.1) is 17.2 Å². The number of nitrogens with one attached hydrogen (secondary N) is 1. The Hall–Kier alpha value is -3.91. The summed E-state index contributed by atoms with van der Waals surface area (Å²) >= 11 is 0. The van der Waals surface area contributed by atoms with Crippen LogP contribution in [-0.2, 0) is 0 Å². The molecule has 1 atom stereocenters. The lowest BCUT2D eigenvalue weighted by molar-refractivity contribution is -0.0502. The number of methoxy groups -OCH3 is 1. The van der Waals surface area contributed by atoms with Crippen molar-refractivity contribution in [3.05, 3.63) is 42.2 Å². The molecule has 2 aromatic heterocycles. The first-order valence-corrected chi connectivity index (χ1v) is 12.6. The zero-order chi connectivity index (χ0) is 26.6. The van der Waals surface area contributed by atoms with E-state index in [9.17, 15) is 13.6 Å². The third-order valence-corrected chi connectivity index (χ3v) is 6.79. The van der Waals surface area contributed by atoms with E-state index >= 15 is 0 Å². The van der Waals surface area contributed by atoms with Gasteiger partial charge in [-0.3, -0.25) is 14.1 Å². The summed E-state index contributed by atoms with van der Waals surface area (Å²) in [6, 6.07) is 9.00. The van der Waals surface area contributed by atoms with Crippen LogP contribution < -0.4 is 19.5 Å². The van der Waals surface area contributed by atoms with Gasteiger partial charge in [0.25, 0.3) is 5.91 Å². The molecular formula is C27H29F2N5O4. The number of nitriles is 1. The first kappa shape index (κ1) is 25.7. The van der Waals surface area contributed by atoms with Crippen molar-refractivity contribution in [2.75, 3.05) is 33.4 Å². The molecular weight excluding hydrogens is 496 g/mol. The highest BCUT2D eigenvalue weighted by molar-refractivity contribution is 6.01. The number of nitrogens with zero attached hydrogens (tertiary/aromatic N) is 4. The van der Waals surface area contributed by atoms with E-state index < -0.39 is 12.5 Å². The molecule has 0 bridgehead atoms. The Kier molecular flexibility index (Phi) is 7.60. The largest absolute Gasteiger partial charge is 0.496 e. The number of amides is 1. The first-order chi connectivity index (χ1) is 18.4. The van der Waals surface area contributed by atoms with Crippen LogP contribution >= 0.6 is 0 Å². The standard InChI is InChI=1S/C27H29F2N5O4/c1-36-22-11-18(12-23(38-27(28)29)25(22)26(35)32-19-4-5-19)21-15-31-24-13-20(6-8-34(21)24)37-10-9-33-7-2-3-17(14-30)16-33/h6,8,11-13,15,17,19,27H,2-5,7,9-10,16H2,1H3,(H,32,35). The number of benzene rings is 1. The van der Waals surface area contributed by atoms with Crippen molar-refractivity contribution in [3.8, 4) is 34.6 Å². The number of ether oxygens (including phenoxy) is 3. The topological polar surface area (TPSA) is 101 Å². The van der Waals surface area contributed by atoms with Gasteiger partial charge in [0.15, 0.2) is 0 Å². The van der Waals surface area contributed by atoms with Gasteiger partial charge in [0.1, 0.15) is 35.1 Å². The molecule has 0 spiro atoms. The van der Waals surface area contributed by atoms with Crippen molar-refractivity contribution >= 4 is 11.6 Å². The maximum atomic E-state index is 13.3. The molecule has 1 aromatic carbocycles. The van der Waals surface area contributed by atoms with Gasteiger partial charge in [-0.05, 0) is 50.4 Å². The number of pyridine rings is 1. The van der Waals surface area contributed by atoms with Crippen molar-refractivity contribution in [3.63, 3.8) is 0 Å². The molecule has 1 aliphatic carbocycles. The van der Waals surface area contributed by atoms with Crippen LogP contribution in [0.25, 0.3) is 16.9 Å². The van der Waals surface area contributed by atoms with Crippen molar-refractivity contribution in [2.45, 2.75) is 38.3 Å². The molecule has 2 aliphatic rings. The number of aromatic nitrogens is 2. The van der Waals surface area contributed by atoms with Crippen molar-refractivity contribution in [1.82, 2.24) is 19.6 Å². The van der Waals surface area contributed by atoms with Gasteiger partial charge in [-0.2, -0.15) is 14.0 Å². The molecule has 1 aliphatic heterocycles. The van der Waals surface area contributed by atoms with Gasteiger partial charge >= 0.3 is 6.61 Å². The number of likely N-dealkylation sites (tertiary alicyclic amines) is 1. The molecule has 11 heteroatoms. The Morgan fingerprint density at radius 2 is 2.08 bits per heavy atom. The molecule has 1 saturated carbocycles. The number of piperidine rings is 1. The summed E-state index contributed by atoms with van der Waals surface area (Å²) < 4.78 is 44.4. The first-order valence-electron chi connectivity index (χ1n) is 12.6. The van der Waals surface area contributed by atoms with Gasteiger partial charge in [0.2, 0.25) is 0 Å². The molecule has 1 amide bonds. The van der Waals surface area contributed by atoms with Gasteiger partial charge in [0.05, 0.1) is 31.0 Å². The summed E-state index contributed by atoms with van der Waals surface area (Å²) in [7, 11) is 1.38. The predicted octanol–water partition coefficient (Wildman–Crippen LogP) is 4.12. The summed E-state index contributed by atoms with van der Waals surface area (Å²) in [5.41, 5.74) is 1.64. The monoisotopic (exact) mass is 525 g/mol. The van der Waals surface area contributed by atoms with E-state index in [4.69, 9.17) is 19.5 Å². The molecule has 2 fully saturated rings. The summed E-state index contributed by atoms with van der Waals surface area (Å²) in [6.07, 6.45) is 7.06. The second kappa shape index (κ2) is 11.2. The van der Waals surface area contributed by atoms with Gasteiger partial charge in [-0.1, -0.05) is 0 Å². The van der Waals surface area contributed by atoms with Crippen LogP contribution in [0.5, 0.6) is 17.2 Å². The molecule has 3 heterocycles. The summed E-state index contributed by atoms with van der Waals surface area (Å²) in [5.74, 6) is 0.0747. The Labute approximate surface area is 218 Å². The minimum Gasteiger partial charge on any atom is -0.496 e. The SMILES string of the molecule is COc1cc(-c2cnc3cc(OCCN4CCCC(C#N)C4)ccn23)cc(OC(F)F)c1C(=O)NC1CC1. The average molecular weight is 526 g/mol. The lowest BCUT2D eigenvalue weighted by Gasteiger charge is -2.29. The number of hydrogen-bond acceptors (Lipinski definition) is 7. The summed E-state index contributed by atoms with van der Waals surface area (Å²) in [6.45, 7) is -0.162. The molecule has 200 valence electrons. The molecule has 5 rings (SSSR count). The normalized spacial score (nSPS) is 17.8. The van der Waals surface area contributed by atoms with Gasteiger partial charge < -0.3 is 19.5 Å². The third kappa shape index (κ3) is 5.81. The van der Waals surface area contributed by atoms with Crippen LogP contribution in [0.3, 0.4) is 0 Å². The predicted molar refractivity (Wildman–Crippen MR) is 135 cm³/mol. The molecule has 9 nitrogen and oxygen atoms in total. The van der Waals surface area contributed by atoms with Crippen LogP contribution in [-0.4, -0.2) is 66.2 Å². The van der Waals surface area contributed by atoms with Gasteiger partial charge in [0, 0.05) is 37.0 Å². The maximum Gasteiger partial charge on any atom is 0.387 e. The lowest BCUT2D eigenvalue weighted by Crippen LogP contribution is -2.37. The highest BCUT2D eigenvalue weighted by atomic mass is 19.3. The molecule has 3 aromatic rings. The average Bonchev–Trinajstić information content (AvgIpc) is 3.62. The van der Waals surface area contributed by atoms with Crippen LogP contribution in [0.1, 0.15) is 36.0 Å². The number of carbonyl (C=O) groups is 1. The van der Waals surface area contributed by atoms with Crippen molar-refractivity contribution in [1.29, 1.82) is 5.26 Å². The summed E-state index contributed by atoms with van der Waals surface area (Å²) in [4.78, 5) is 19.5. The molecule has 38 heavy (non-hydrogen) atoms. The molecule has 1 saturated heterocycles. The van der Waals surface area contributed by atoms with Crippen LogP contribution in [0.2, 0.25) is 0 Å². The number of alkyl halides is 2. The van der Waals surface area contributed by atoms with Crippen LogP contribution in [0.15, 0.2) is 36.7 Å². The highest BCUT2D eigenvalue weighted by Gasteiger charge is 2.29. The van der Waals surface area contributed by atoms with Gasteiger partial charge in [-0.25, -0.2) is 4.98 Å². The Morgan fingerprint density at radius 3 is 2.82 bits per heavy atom. The van der Waals surface area contributed by atoms with Crippen LogP contribution in [0.4, 0.5) is 8.78 Å². The minimum absolute atomic E-state index is 0.0378. The highest BCUT2D eigenvalue weighted by Crippen LogP contribution is 2.37. The van der Waals surface area contributed by atoms with Crippen molar-refractivity contribution in [2.24, 2.45) is 5.92 Å². The van der Waals surface area contributed by atoms with E-state index in [2.05, 4.69) is 21.3 Å². The number of hydrogen-bond donors (Lipinski definition) is 1. The van der Waals surface area contributed by atoms with E-state index in [1.165, 1.54) is 13.2 Å². The smallest absolute Gasteiger partial charge is 0.387 e. The fraction of sp³-hybridized carbons (Fsp3) is 0.444. The molecule has 1 N–H and O–H groups in total. The second-order valence-corrected chi connectivity index (χ2v) is 9.53. The Bertz CT molecular complexity index is 1350. The third-order valence-electron chi connectivity index (χ3n) is 6.79. The molecule has 0 radical (unpaired) electrons. The number of halogens is 2. The lowest BCUT2D eigenvalue weighted by atomic mass is 10.00. The second-order valence-electron chi connectivity index (χ2n) is 9.53. The Balaban J connectivity index is 1.36. The van der Waals surface area contributed by atoms with Gasteiger partial charge in [-0.15, -0.1) is 0 Å². The van der Waals surface area contributed by atoms with E-state index in [1.807, 2.05) is 0 Å². The zero-order valence-corrected chi connectivity index (χ0v) is 21.0. The summed E-state index contributed by atoms with van der Waals surface area (Å²) in [5, 5.41) is 12.0. The van der Waals surface area contributed by atoms with Crippen molar-refractivity contribution < 1.29 is 27.8 Å². The quantitative estimate of drug-likeness (QED) is 0.425. The zero-order valence-electron chi connectivity index (χ0n) is 21.0. The molecule has 1 unspecified atom stereocenters. The van der Waals surface area contributed by atoms with E-state index in [0.717, 1.165) is 45.3 Å². The number of imidazole rings is 1. The van der Waals surface area contributed by atoms with E-state index in [0.29, 0.717) is 29.3 Å². The minimum atomic E-state index is -3.11. The number of carbonyl (C=O) groups excluding carboxylic acids is 1. The fourth-order valence-electron chi connectivity index (χ4n) is 4.72. The number of rotatable bonds is 10. The maximum absolute atomic E-state index is 13.3. The fourth-order valence-corrected chi connectivity index (χ4v) is 4.72.